The maximum Gasteiger partial charge on any atom is 0.332 e. The van der Waals surface area contributed by atoms with Gasteiger partial charge in [0.05, 0.1) is 4.92 Å². The number of hydrogen-bond donors (Lipinski definition) is 0. The first kappa shape index (κ1) is 15.7. The van der Waals surface area contributed by atoms with Gasteiger partial charge in [-0.25, -0.2) is 9.20 Å². The zero-order chi connectivity index (χ0) is 18.7. The molecule has 0 aliphatic carbocycles. The molecule has 4 aromatic rings. The van der Waals surface area contributed by atoms with Crippen molar-refractivity contribution < 1.29 is 4.92 Å². The van der Waals surface area contributed by atoms with E-state index in [4.69, 9.17) is 0 Å². The molecule has 3 aromatic heterocycles. The van der Waals surface area contributed by atoms with E-state index in [-0.39, 0.29) is 11.2 Å². The van der Waals surface area contributed by atoms with Crippen LogP contribution in [0, 0.1) is 10.1 Å². The van der Waals surface area contributed by atoms with Crippen molar-refractivity contribution in [1.29, 1.82) is 0 Å². The van der Waals surface area contributed by atoms with E-state index >= 15 is 0 Å². The van der Waals surface area contributed by atoms with Crippen LogP contribution in [0.25, 0.3) is 28.3 Å². The smallest absolute Gasteiger partial charge is 0.305 e. The van der Waals surface area contributed by atoms with E-state index < -0.39 is 16.2 Å². The molecule has 0 saturated heterocycles. The third-order valence-electron chi connectivity index (χ3n) is 4.42. The molecule has 1 aromatic carbocycles. The van der Waals surface area contributed by atoms with Crippen LogP contribution in [0.1, 0.15) is 0 Å². The molecule has 0 amide bonds. The topological polar surface area (TPSA) is 122 Å². The predicted octanol–water partition coefficient (Wildman–Crippen LogP) is 0.194. The van der Waals surface area contributed by atoms with Crippen LogP contribution in [0.4, 0.5) is 5.69 Å². The number of fused-ring (bicyclic) bond motifs is 3. The molecule has 0 saturated carbocycles. The molecule has 0 bridgehead atoms. The Kier molecular flexibility index (Phi) is 3.10. The fourth-order valence-corrected chi connectivity index (χ4v) is 3.10. The standard InChI is InChI=1S/C15H13N7O4/c1-18-10-12(19(2)15(24)20(3)13(10)23)21-11(16-17-14(18)21)8-5-4-6-9(7-8)22(25)26/h4-7H,1-3H3. The summed E-state index contributed by atoms with van der Waals surface area (Å²) in [4.78, 5) is 35.5. The third-order valence-corrected chi connectivity index (χ3v) is 4.42. The van der Waals surface area contributed by atoms with E-state index in [1.165, 1.54) is 29.8 Å². The number of nitro benzene ring substituents is 1. The van der Waals surface area contributed by atoms with E-state index in [1.54, 1.807) is 29.1 Å². The van der Waals surface area contributed by atoms with Crippen molar-refractivity contribution in [1.82, 2.24) is 28.3 Å². The summed E-state index contributed by atoms with van der Waals surface area (Å²) in [5, 5.41) is 19.2. The second-order valence-electron chi connectivity index (χ2n) is 5.90. The number of non-ortho nitro benzene ring substituents is 1. The van der Waals surface area contributed by atoms with E-state index in [9.17, 15) is 19.7 Å². The van der Waals surface area contributed by atoms with Gasteiger partial charge in [-0.1, -0.05) is 12.1 Å². The van der Waals surface area contributed by atoms with Crippen LogP contribution in [0.5, 0.6) is 0 Å². The van der Waals surface area contributed by atoms with Crippen molar-refractivity contribution >= 4 is 22.6 Å². The van der Waals surface area contributed by atoms with Gasteiger partial charge in [0.1, 0.15) is 0 Å². The minimum Gasteiger partial charge on any atom is -0.305 e. The lowest BCUT2D eigenvalue weighted by atomic mass is 10.2. The average Bonchev–Trinajstić information content (AvgIpc) is 3.17. The van der Waals surface area contributed by atoms with Crippen molar-refractivity contribution in [3.63, 3.8) is 0 Å². The van der Waals surface area contributed by atoms with Crippen molar-refractivity contribution in [3.8, 4) is 11.4 Å². The normalized spacial score (nSPS) is 11.5. The molecule has 3 heterocycles. The zero-order valence-corrected chi connectivity index (χ0v) is 14.1. The van der Waals surface area contributed by atoms with Crippen molar-refractivity contribution in [2.24, 2.45) is 21.1 Å². The molecular weight excluding hydrogens is 342 g/mol. The second-order valence-corrected chi connectivity index (χ2v) is 5.90. The van der Waals surface area contributed by atoms with Crippen molar-refractivity contribution in [2.45, 2.75) is 0 Å². The van der Waals surface area contributed by atoms with Gasteiger partial charge in [-0.05, 0) is 0 Å². The quantitative estimate of drug-likeness (QED) is 0.374. The summed E-state index contributed by atoms with van der Waals surface area (Å²) in [7, 11) is 4.59. The largest absolute Gasteiger partial charge is 0.332 e. The predicted molar refractivity (Wildman–Crippen MR) is 92.0 cm³/mol. The monoisotopic (exact) mass is 355 g/mol. The Bertz CT molecular complexity index is 1340. The number of aryl methyl sites for hydroxylation is 2. The van der Waals surface area contributed by atoms with Gasteiger partial charge in [-0.15, -0.1) is 10.2 Å². The van der Waals surface area contributed by atoms with E-state index in [0.717, 1.165) is 4.57 Å². The highest BCUT2D eigenvalue weighted by atomic mass is 16.6. The third kappa shape index (κ3) is 1.87. The molecule has 132 valence electrons. The number of nitro groups is 1. The lowest BCUT2D eigenvalue weighted by Crippen LogP contribution is -2.37. The number of benzene rings is 1. The molecule has 0 aliphatic rings. The molecule has 0 radical (unpaired) electrons. The first-order valence-corrected chi connectivity index (χ1v) is 7.57. The van der Waals surface area contributed by atoms with Gasteiger partial charge in [0, 0.05) is 38.8 Å². The van der Waals surface area contributed by atoms with E-state index in [1.807, 2.05) is 0 Å². The van der Waals surface area contributed by atoms with Crippen LogP contribution in [0.2, 0.25) is 0 Å². The van der Waals surface area contributed by atoms with Crippen LogP contribution in [0.15, 0.2) is 33.9 Å². The Morgan fingerprint density at radius 2 is 1.77 bits per heavy atom. The molecule has 26 heavy (non-hydrogen) atoms. The summed E-state index contributed by atoms with van der Waals surface area (Å²) in [5.74, 6) is 0.650. The highest BCUT2D eigenvalue weighted by Crippen LogP contribution is 2.26. The van der Waals surface area contributed by atoms with Gasteiger partial charge in [0.15, 0.2) is 17.0 Å². The second kappa shape index (κ2) is 5.12. The summed E-state index contributed by atoms with van der Waals surface area (Å²) in [6, 6.07) is 5.93. The van der Waals surface area contributed by atoms with Gasteiger partial charge in [-0.3, -0.25) is 24.0 Å². The number of aromatic nitrogens is 6. The lowest BCUT2D eigenvalue weighted by Gasteiger charge is -2.05. The lowest BCUT2D eigenvalue weighted by molar-refractivity contribution is -0.384. The molecule has 11 heteroatoms. The van der Waals surface area contributed by atoms with E-state index in [0.29, 0.717) is 22.8 Å². The Morgan fingerprint density at radius 3 is 2.46 bits per heavy atom. The number of hydrogen-bond acceptors (Lipinski definition) is 6. The fraction of sp³-hybridized carbons (Fsp3) is 0.200. The van der Waals surface area contributed by atoms with Gasteiger partial charge < -0.3 is 4.57 Å². The Morgan fingerprint density at radius 1 is 1.04 bits per heavy atom. The van der Waals surface area contributed by atoms with Gasteiger partial charge in [0.25, 0.3) is 11.2 Å². The summed E-state index contributed by atoms with van der Waals surface area (Å²) in [6.45, 7) is 0. The van der Waals surface area contributed by atoms with Crippen LogP contribution < -0.4 is 11.2 Å². The van der Waals surface area contributed by atoms with Crippen molar-refractivity contribution in [2.75, 3.05) is 0 Å². The van der Waals surface area contributed by atoms with Crippen LogP contribution in [-0.4, -0.2) is 33.2 Å². The Labute approximate surface area is 144 Å². The average molecular weight is 355 g/mol. The summed E-state index contributed by atoms with van der Waals surface area (Å²) >= 11 is 0. The van der Waals surface area contributed by atoms with Crippen molar-refractivity contribution in [3.05, 3.63) is 55.2 Å². The fourth-order valence-electron chi connectivity index (χ4n) is 3.10. The number of nitrogens with zero attached hydrogens (tertiary/aromatic N) is 7. The molecule has 11 nitrogen and oxygen atoms in total. The first-order chi connectivity index (χ1) is 12.3. The molecule has 0 unspecified atom stereocenters. The van der Waals surface area contributed by atoms with E-state index in [2.05, 4.69) is 10.2 Å². The summed E-state index contributed by atoms with van der Waals surface area (Å²) < 4.78 is 5.44. The molecule has 0 spiro atoms. The molecule has 4 rings (SSSR count). The van der Waals surface area contributed by atoms with Crippen LogP contribution in [0.3, 0.4) is 0 Å². The molecule has 0 fully saturated rings. The highest BCUT2D eigenvalue weighted by molar-refractivity contribution is 5.79. The maximum atomic E-state index is 12.6. The molecule has 0 aliphatic heterocycles. The first-order valence-electron chi connectivity index (χ1n) is 7.57. The molecular formula is C15H13N7O4. The van der Waals surface area contributed by atoms with Gasteiger partial charge in [0.2, 0.25) is 5.78 Å². The Hall–Kier alpha value is -3.76. The van der Waals surface area contributed by atoms with Gasteiger partial charge >= 0.3 is 5.69 Å². The summed E-state index contributed by atoms with van der Waals surface area (Å²) in [6.07, 6.45) is 0. The minimum absolute atomic E-state index is 0.0933. The van der Waals surface area contributed by atoms with Crippen LogP contribution in [-0.2, 0) is 21.1 Å². The van der Waals surface area contributed by atoms with Crippen LogP contribution >= 0.6 is 0 Å². The number of imidazole rings is 1. The summed E-state index contributed by atoms with van der Waals surface area (Å²) in [5.41, 5.74) is 0.0136. The van der Waals surface area contributed by atoms with Gasteiger partial charge in [-0.2, -0.15) is 0 Å². The zero-order valence-electron chi connectivity index (χ0n) is 14.1. The number of rotatable bonds is 2. The maximum absolute atomic E-state index is 12.6. The molecule has 0 N–H and O–H groups in total. The Balaban J connectivity index is 2.20. The minimum atomic E-state index is -0.504. The SMILES string of the molecule is Cn1c(=O)c2c(n(C)c1=O)n1c(-c3cccc([N+](=O)[O-])c3)nnc1n2C. The highest BCUT2D eigenvalue weighted by Gasteiger charge is 2.22. The molecule has 0 atom stereocenters.